The van der Waals surface area contributed by atoms with Crippen LogP contribution in [0.5, 0.6) is 0 Å². The number of aryl methyl sites for hydroxylation is 10. The van der Waals surface area contributed by atoms with E-state index >= 15 is 0 Å². The first kappa shape index (κ1) is 59.1. The number of carbonyl (C=O) groups is 2. The first-order valence-electron chi connectivity index (χ1n) is 27.0. The average molecular weight is 1180 g/mol. The average Bonchev–Trinajstić information content (AvgIpc) is 3.91. The fourth-order valence-corrected chi connectivity index (χ4v) is 12.5. The molecule has 0 saturated heterocycles. The van der Waals surface area contributed by atoms with Gasteiger partial charge in [-0.15, -0.1) is 22.7 Å². The van der Waals surface area contributed by atoms with Gasteiger partial charge in [-0.1, -0.05) is 80.0 Å². The van der Waals surface area contributed by atoms with E-state index < -0.39 is 11.1 Å². The van der Waals surface area contributed by atoms with E-state index in [9.17, 15) is 19.2 Å². The Labute approximate surface area is 472 Å². The number of pyridine rings is 3. The normalized spacial score (nSPS) is 12.0. The molecule has 5 aromatic heterocycles. The maximum Gasteiger partial charge on any atom is 0.429 e. The van der Waals surface area contributed by atoms with Gasteiger partial charge in [0.05, 0.1) is 0 Å². The third kappa shape index (κ3) is 15.1. The highest BCUT2D eigenvalue weighted by Crippen LogP contribution is 2.34. The topological polar surface area (TPSA) is 86.2 Å². The Balaban J connectivity index is 0.000000263. The molecule has 0 unspecified atom stereocenters. The number of imide groups is 1. The molecule has 0 atom stereocenters. The summed E-state index contributed by atoms with van der Waals surface area (Å²) >= 11 is 3.81. The summed E-state index contributed by atoms with van der Waals surface area (Å²) in [5.74, 6) is -0.731. The van der Waals surface area contributed by atoms with E-state index in [-0.39, 0.29) is 45.8 Å². The lowest BCUT2D eigenvalue weighted by molar-refractivity contribution is -0.697. The van der Waals surface area contributed by atoms with E-state index in [4.69, 9.17) is 0 Å². The molecule has 1 aliphatic heterocycles. The number of rotatable bonds is 23. The number of thiophene rings is 2. The summed E-state index contributed by atoms with van der Waals surface area (Å²) in [6.45, 7) is 13.3. The third-order valence-corrected chi connectivity index (χ3v) is 16.6. The van der Waals surface area contributed by atoms with Gasteiger partial charge in [-0.3, -0.25) is 14.5 Å². The van der Waals surface area contributed by atoms with Crippen molar-refractivity contribution in [3.05, 3.63) is 195 Å². The van der Waals surface area contributed by atoms with E-state index in [1.807, 2.05) is 35.1 Å². The molecule has 1 aliphatic rings. The molecule has 0 N–H and O–H groups in total. The van der Waals surface area contributed by atoms with Gasteiger partial charge in [-0.05, 0) is 151 Å². The Morgan fingerprint density at radius 3 is 1.53 bits per heavy atom. The van der Waals surface area contributed by atoms with Crippen molar-refractivity contribution in [2.45, 2.75) is 157 Å². The zero-order valence-electron chi connectivity index (χ0n) is 44.6. The number of amides is 2. The van der Waals surface area contributed by atoms with E-state index in [1.54, 1.807) is 42.0 Å². The van der Waals surface area contributed by atoms with E-state index in [0.29, 0.717) is 44.6 Å². The molecule has 0 aliphatic carbocycles. The molecule has 396 valence electrons. The van der Waals surface area contributed by atoms with Crippen LogP contribution in [-0.2, 0) is 38.8 Å². The van der Waals surface area contributed by atoms with Crippen LogP contribution < -0.4 is 53.9 Å². The predicted octanol–water partition coefficient (Wildman–Crippen LogP) is 7.34. The van der Waals surface area contributed by atoms with Crippen LogP contribution in [0.2, 0.25) is 0 Å². The molecule has 0 fully saturated rings. The smallest absolute Gasteiger partial charge is 0.429 e. The van der Waals surface area contributed by atoms with Gasteiger partial charge < -0.3 is 38.5 Å². The number of halogens is 2. The molecular weight excluding hydrogens is 1100 g/mol. The molecule has 6 heterocycles. The number of hydrogen-bond acceptors (Lipinski definition) is 6. The summed E-state index contributed by atoms with van der Waals surface area (Å²) in [6.07, 6.45) is 27.9. The van der Waals surface area contributed by atoms with Gasteiger partial charge in [0.1, 0.15) is 17.3 Å². The number of unbranched alkanes of at least 4 members (excludes halogenated alkanes) is 9. The number of hydrogen-bond donors (Lipinski definition) is 0. The van der Waals surface area contributed by atoms with Crippen LogP contribution in [0.3, 0.4) is 0 Å². The second kappa shape index (κ2) is 28.8. The van der Waals surface area contributed by atoms with Crippen molar-refractivity contribution in [2.24, 2.45) is 0 Å². The molecule has 0 radical (unpaired) electrons. The van der Waals surface area contributed by atoms with Crippen LogP contribution in [-0.4, -0.2) is 27.8 Å². The summed E-state index contributed by atoms with van der Waals surface area (Å²) in [5.41, 5.74) is 5.78. The SMILES string of the molecule is CCCCCCN1C(=O)c2ccc3c(=O)[n+](=c4ccn(CCCCCCc5cc(C)sc5C)cc4)c(=O)c4ccc(c2c34)C1=O.Cc1cc(CCCCCC[n+]2ccc(CCCc3ccccc3)cc2)c(C)s1.[Br-].[Br-]. The summed E-state index contributed by atoms with van der Waals surface area (Å²) in [5, 5.41) is 1.96. The number of aromatic nitrogens is 3. The van der Waals surface area contributed by atoms with E-state index in [0.717, 1.165) is 64.5 Å². The number of nitrogens with zero attached hydrogens (tertiary/aromatic N) is 4. The van der Waals surface area contributed by atoms with Gasteiger partial charge in [0.15, 0.2) is 12.4 Å². The first-order chi connectivity index (χ1) is 35.5. The van der Waals surface area contributed by atoms with Gasteiger partial charge in [-0.25, -0.2) is 14.2 Å². The highest BCUT2D eigenvalue weighted by atomic mass is 79.9. The van der Waals surface area contributed by atoms with Crippen LogP contribution in [0.15, 0.2) is 125 Å². The molecule has 3 aromatic carbocycles. The Bertz CT molecular complexity index is 3260. The van der Waals surface area contributed by atoms with Crippen LogP contribution in [0.1, 0.15) is 153 Å². The van der Waals surface area contributed by atoms with Crippen molar-refractivity contribution < 1.29 is 52.4 Å². The minimum atomic E-state index is -0.452. The van der Waals surface area contributed by atoms with Crippen molar-refractivity contribution in [3.63, 3.8) is 0 Å². The van der Waals surface area contributed by atoms with Gasteiger partial charge in [0.2, 0.25) is 5.36 Å². The molecule has 0 bridgehead atoms. The summed E-state index contributed by atoms with van der Waals surface area (Å²) in [4.78, 5) is 61.4. The molecule has 12 heteroatoms. The van der Waals surface area contributed by atoms with Crippen LogP contribution in [0.25, 0.3) is 21.5 Å². The van der Waals surface area contributed by atoms with Gasteiger partial charge in [0.25, 0.3) is 11.8 Å². The van der Waals surface area contributed by atoms with Crippen molar-refractivity contribution >= 4 is 56.0 Å². The molecule has 2 amide bonds. The van der Waals surface area contributed by atoms with Crippen molar-refractivity contribution in [3.8, 4) is 0 Å². The lowest BCUT2D eigenvalue weighted by Crippen LogP contribution is -3.00. The van der Waals surface area contributed by atoms with E-state index in [2.05, 4.69) is 111 Å². The van der Waals surface area contributed by atoms with Crippen molar-refractivity contribution in [1.82, 2.24) is 9.47 Å². The molecule has 0 saturated carbocycles. The minimum absolute atomic E-state index is 0. The fraction of sp³-hybridized carbons (Fsp3) is 0.397. The zero-order valence-corrected chi connectivity index (χ0v) is 49.4. The third-order valence-electron chi connectivity index (χ3n) is 14.6. The van der Waals surface area contributed by atoms with Crippen molar-refractivity contribution in [2.75, 3.05) is 6.54 Å². The van der Waals surface area contributed by atoms with Gasteiger partial charge in [0, 0.05) is 97.6 Å². The summed E-state index contributed by atoms with van der Waals surface area (Å²) in [6, 6.07) is 30.2. The second-order valence-corrected chi connectivity index (χ2v) is 23.0. The maximum atomic E-state index is 13.8. The largest absolute Gasteiger partial charge is 1.00 e. The molecule has 8 aromatic rings. The minimum Gasteiger partial charge on any atom is -1.00 e. The lowest BCUT2D eigenvalue weighted by atomic mass is 9.90. The Morgan fingerprint density at radius 2 is 1.00 bits per heavy atom. The Kier molecular flexibility index (Phi) is 22.7. The molecular formula is C63H74Br2N4O4S2. The summed E-state index contributed by atoms with van der Waals surface area (Å²) in [7, 11) is 0. The van der Waals surface area contributed by atoms with Crippen LogP contribution in [0.4, 0.5) is 0 Å². The molecule has 8 nitrogen and oxygen atoms in total. The Hall–Kier alpha value is -5.14. The second-order valence-electron chi connectivity index (χ2n) is 20.1. The van der Waals surface area contributed by atoms with E-state index in [1.165, 1.54) is 103 Å². The Morgan fingerprint density at radius 1 is 0.493 bits per heavy atom. The highest BCUT2D eigenvalue weighted by molar-refractivity contribution is 7.12. The number of carbonyl (C=O) groups excluding carboxylic acids is 2. The predicted molar refractivity (Wildman–Crippen MR) is 301 cm³/mol. The highest BCUT2D eigenvalue weighted by Gasteiger charge is 2.35. The number of benzene rings is 3. The van der Waals surface area contributed by atoms with Crippen LogP contribution in [0, 0.1) is 33.1 Å². The quantitative estimate of drug-likeness (QED) is 0.0382. The molecule has 9 rings (SSSR count). The van der Waals surface area contributed by atoms with Crippen molar-refractivity contribution in [1.29, 1.82) is 0 Å². The fourth-order valence-electron chi connectivity index (χ4n) is 10.5. The van der Waals surface area contributed by atoms with Gasteiger partial charge in [-0.2, -0.15) is 0 Å². The lowest BCUT2D eigenvalue weighted by Gasteiger charge is -2.27. The van der Waals surface area contributed by atoms with Gasteiger partial charge >= 0.3 is 11.1 Å². The standard InChI is InChI=1S/C37H40N3O4S.C26H34NS.2BrH/c1-4-5-6-11-20-39-34(41)28-13-15-30-33-31(16-14-29(32(28)33)35(39)42)37(44)40(36(30)43)27-17-21-38(22-18-27)19-10-8-7-9-12-26-23-24(2)45-25(26)3;1-22-21-26(23(2)28-22)15-8-3-4-9-18-27-19-16-25(17-20-27)14-10-13-24-11-6-5-7-12-24;;/h13-18,21-23H,4-12,19-20H2,1-3H3;5-7,11-12,16-17,19-21H,3-4,8-10,13-15,18H2,1-2H3;2*1H/q2*+1;;/p-2. The zero-order chi connectivity index (χ0) is 51.3. The maximum absolute atomic E-state index is 13.8. The first-order valence-corrected chi connectivity index (χ1v) is 28.6. The monoisotopic (exact) mass is 1170 g/mol. The van der Waals surface area contributed by atoms with Crippen LogP contribution >= 0.6 is 22.7 Å². The molecule has 75 heavy (non-hydrogen) atoms. The summed E-state index contributed by atoms with van der Waals surface area (Å²) < 4.78 is 5.62. The molecule has 0 spiro atoms.